The number of thiophene rings is 1. The Hall–Kier alpha value is -1.79. The van der Waals surface area contributed by atoms with E-state index in [1.165, 1.54) is 0 Å². The molecule has 3 aromatic rings. The van der Waals surface area contributed by atoms with E-state index >= 15 is 0 Å². The summed E-state index contributed by atoms with van der Waals surface area (Å²) < 4.78 is 5.21. The van der Waals surface area contributed by atoms with Crippen LogP contribution in [0.15, 0.2) is 51.2 Å². The van der Waals surface area contributed by atoms with Crippen molar-refractivity contribution in [2.75, 3.05) is 0 Å². The Labute approximate surface area is 118 Å². The van der Waals surface area contributed by atoms with E-state index in [-0.39, 0.29) is 5.75 Å². The fourth-order valence-corrected chi connectivity index (χ4v) is 2.97. The largest absolute Gasteiger partial charge is 0.508 e. The number of nitrogens with zero attached hydrogens (tertiary/aromatic N) is 2. The molecule has 19 heavy (non-hydrogen) atoms. The first kappa shape index (κ1) is 12.3. The second kappa shape index (κ2) is 5.46. The van der Waals surface area contributed by atoms with Crippen LogP contribution in [0.2, 0.25) is 0 Å². The molecule has 0 atom stereocenters. The maximum Gasteiger partial charge on any atom is 0.268 e. The minimum atomic E-state index is 0.261. The highest BCUT2D eigenvalue weighted by Gasteiger charge is 2.09. The molecule has 0 spiro atoms. The molecule has 0 saturated carbocycles. The maximum atomic E-state index is 9.38. The summed E-state index contributed by atoms with van der Waals surface area (Å²) >= 11 is 3.13. The van der Waals surface area contributed by atoms with Gasteiger partial charge in [-0.1, -0.05) is 17.3 Å². The predicted octanol–water partition coefficient (Wildman–Crippen LogP) is 3.80. The third-order valence-corrected chi connectivity index (χ3v) is 4.23. The summed E-state index contributed by atoms with van der Waals surface area (Å²) in [5.41, 5.74) is 0. The Bertz CT molecular complexity index is 665. The molecule has 0 aliphatic carbocycles. The van der Waals surface area contributed by atoms with Crippen molar-refractivity contribution in [3.05, 3.63) is 47.6 Å². The standard InChI is InChI=1S/C13H10N2O2S2/c16-9-3-1-4-10(7-9)19-8-12-14-13(17-15-12)11-5-2-6-18-11/h1-7,16H,8H2. The zero-order valence-electron chi connectivity index (χ0n) is 9.81. The minimum Gasteiger partial charge on any atom is -0.508 e. The highest BCUT2D eigenvalue weighted by Crippen LogP contribution is 2.27. The average Bonchev–Trinajstić information content (AvgIpc) is 3.07. The summed E-state index contributed by atoms with van der Waals surface area (Å²) in [6, 6.07) is 11.0. The van der Waals surface area contributed by atoms with Crippen LogP contribution < -0.4 is 0 Å². The Kier molecular flexibility index (Phi) is 3.52. The topological polar surface area (TPSA) is 59.2 Å². The number of aromatic hydroxyl groups is 1. The number of phenols is 1. The molecule has 0 saturated heterocycles. The van der Waals surface area contributed by atoms with E-state index in [2.05, 4.69) is 10.1 Å². The predicted molar refractivity (Wildman–Crippen MR) is 75.3 cm³/mol. The summed E-state index contributed by atoms with van der Waals surface area (Å²) in [7, 11) is 0. The summed E-state index contributed by atoms with van der Waals surface area (Å²) in [5.74, 6) is 2.08. The van der Waals surface area contributed by atoms with Crippen molar-refractivity contribution in [2.24, 2.45) is 0 Å². The van der Waals surface area contributed by atoms with Gasteiger partial charge in [0.1, 0.15) is 5.75 Å². The van der Waals surface area contributed by atoms with Crippen molar-refractivity contribution >= 4 is 23.1 Å². The van der Waals surface area contributed by atoms with Crippen LogP contribution in [-0.2, 0) is 5.75 Å². The van der Waals surface area contributed by atoms with Gasteiger partial charge in [-0.3, -0.25) is 0 Å². The molecule has 0 aliphatic heterocycles. The molecule has 0 aliphatic rings. The second-order valence-corrected chi connectivity index (χ2v) is 5.78. The van der Waals surface area contributed by atoms with Crippen molar-refractivity contribution in [2.45, 2.75) is 10.6 Å². The van der Waals surface area contributed by atoms with Crippen molar-refractivity contribution in [3.63, 3.8) is 0 Å². The number of benzene rings is 1. The van der Waals surface area contributed by atoms with E-state index in [0.29, 0.717) is 17.5 Å². The van der Waals surface area contributed by atoms with Gasteiger partial charge in [0, 0.05) is 4.90 Å². The van der Waals surface area contributed by atoms with Crippen LogP contribution in [0, 0.1) is 0 Å². The summed E-state index contributed by atoms with van der Waals surface area (Å²) in [6.07, 6.45) is 0. The number of phenolic OH excluding ortho intramolecular Hbond substituents is 1. The van der Waals surface area contributed by atoms with E-state index in [4.69, 9.17) is 4.52 Å². The third kappa shape index (κ3) is 2.97. The fraction of sp³-hybridized carbons (Fsp3) is 0.0769. The highest BCUT2D eigenvalue weighted by atomic mass is 32.2. The smallest absolute Gasteiger partial charge is 0.268 e. The van der Waals surface area contributed by atoms with Crippen LogP contribution in [-0.4, -0.2) is 15.2 Å². The second-order valence-electron chi connectivity index (χ2n) is 3.78. The van der Waals surface area contributed by atoms with Gasteiger partial charge in [-0.25, -0.2) is 0 Å². The van der Waals surface area contributed by atoms with E-state index < -0.39 is 0 Å². The summed E-state index contributed by atoms with van der Waals surface area (Å²) in [5, 5.41) is 15.3. The molecule has 2 heterocycles. The highest BCUT2D eigenvalue weighted by molar-refractivity contribution is 7.98. The van der Waals surface area contributed by atoms with E-state index in [1.807, 2.05) is 29.6 Å². The Morgan fingerprint density at radius 3 is 3.00 bits per heavy atom. The van der Waals surface area contributed by atoms with Gasteiger partial charge in [-0.05, 0) is 29.6 Å². The summed E-state index contributed by atoms with van der Waals surface area (Å²) in [4.78, 5) is 6.29. The lowest BCUT2D eigenvalue weighted by atomic mass is 10.3. The SMILES string of the molecule is Oc1cccc(SCc2noc(-c3cccs3)n2)c1. The summed E-state index contributed by atoms with van der Waals surface area (Å²) in [6.45, 7) is 0. The van der Waals surface area contributed by atoms with Crippen molar-refractivity contribution in [1.82, 2.24) is 10.1 Å². The number of thioether (sulfide) groups is 1. The Balaban J connectivity index is 1.68. The first-order valence-corrected chi connectivity index (χ1v) is 7.46. The fourth-order valence-electron chi connectivity index (χ4n) is 1.53. The van der Waals surface area contributed by atoms with Gasteiger partial charge in [-0.2, -0.15) is 4.98 Å². The Morgan fingerprint density at radius 2 is 2.21 bits per heavy atom. The molecule has 1 N–H and O–H groups in total. The molecule has 0 amide bonds. The Morgan fingerprint density at radius 1 is 1.26 bits per heavy atom. The zero-order valence-corrected chi connectivity index (χ0v) is 11.4. The van der Waals surface area contributed by atoms with E-state index in [0.717, 1.165) is 9.77 Å². The first-order chi connectivity index (χ1) is 9.31. The third-order valence-electron chi connectivity index (χ3n) is 2.39. The molecule has 0 fully saturated rings. The van der Waals surface area contributed by atoms with Gasteiger partial charge in [0.2, 0.25) is 0 Å². The lowest BCUT2D eigenvalue weighted by molar-refractivity contribution is 0.426. The number of rotatable bonds is 4. The van der Waals surface area contributed by atoms with Crippen LogP contribution in [0.5, 0.6) is 5.75 Å². The number of hydrogen-bond donors (Lipinski definition) is 1. The number of aromatic nitrogens is 2. The van der Waals surface area contributed by atoms with Gasteiger partial charge in [-0.15, -0.1) is 23.1 Å². The molecular formula is C13H10N2O2S2. The molecule has 96 valence electrons. The molecule has 2 aromatic heterocycles. The lowest BCUT2D eigenvalue weighted by Gasteiger charge is -1.98. The first-order valence-electron chi connectivity index (χ1n) is 5.59. The molecule has 1 aromatic carbocycles. The van der Waals surface area contributed by atoms with Crippen LogP contribution in [0.3, 0.4) is 0 Å². The van der Waals surface area contributed by atoms with Crippen molar-refractivity contribution in [1.29, 1.82) is 0 Å². The maximum absolute atomic E-state index is 9.38. The molecule has 6 heteroatoms. The van der Waals surface area contributed by atoms with Crippen LogP contribution in [0.25, 0.3) is 10.8 Å². The minimum absolute atomic E-state index is 0.261. The van der Waals surface area contributed by atoms with E-state index in [9.17, 15) is 5.11 Å². The average molecular weight is 290 g/mol. The van der Waals surface area contributed by atoms with Crippen LogP contribution >= 0.6 is 23.1 Å². The molecule has 4 nitrogen and oxygen atoms in total. The van der Waals surface area contributed by atoms with Gasteiger partial charge in [0.05, 0.1) is 10.6 Å². The van der Waals surface area contributed by atoms with Crippen LogP contribution in [0.4, 0.5) is 0 Å². The monoisotopic (exact) mass is 290 g/mol. The molecular weight excluding hydrogens is 280 g/mol. The lowest BCUT2D eigenvalue weighted by Crippen LogP contribution is -1.83. The zero-order chi connectivity index (χ0) is 13.1. The molecule has 3 rings (SSSR count). The molecule has 0 bridgehead atoms. The van der Waals surface area contributed by atoms with Gasteiger partial charge >= 0.3 is 0 Å². The quantitative estimate of drug-likeness (QED) is 0.741. The van der Waals surface area contributed by atoms with Gasteiger partial charge in [0.15, 0.2) is 5.82 Å². The normalized spacial score (nSPS) is 10.7. The van der Waals surface area contributed by atoms with E-state index in [1.54, 1.807) is 35.2 Å². The van der Waals surface area contributed by atoms with Gasteiger partial charge in [0.25, 0.3) is 5.89 Å². The number of hydrogen-bond acceptors (Lipinski definition) is 6. The van der Waals surface area contributed by atoms with Crippen LogP contribution in [0.1, 0.15) is 5.82 Å². The molecule has 0 unspecified atom stereocenters. The molecule has 0 radical (unpaired) electrons. The van der Waals surface area contributed by atoms with Crippen molar-refractivity contribution < 1.29 is 9.63 Å². The van der Waals surface area contributed by atoms with Gasteiger partial charge < -0.3 is 9.63 Å². The van der Waals surface area contributed by atoms with Crippen molar-refractivity contribution in [3.8, 4) is 16.5 Å².